The number of likely N-dealkylation sites (tertiary alicyclic amines) is 1. The van der Waals surface area contributed by atoms with Gasteiger partial charge in [-0.3, -0.25) is 4.79 Å². The minimum atomic E-state index is -0.115. The molecule has 2 aromatic rings. The second-order valence-electron chi connectivity index (χ2n) is 5.85. The Morgan fingerprint density at radius 1 is 1.32 bits per heavy atom. The first-order chi connectivity index (χ1) is 10.6. The summed E-state index contributed by atoms with van der Waals surface area (Å²) in [6, 6.07) is 9.86. The van der Waals surface area contributed by atoms with E-state index < -0.39 is 0 Å². The van der Waals surface area contributed by atoms with E-state index in [4.69, 9.17) is 4.52 Å². The summed E-state index contributed by atoms with van der Waals surface area (Å²) < 4.78 is 5.38. The summed E-state index contributed by atoms with van der Waals surface area (Å²) in [4.78, 5) is 20.4. The number of aromatic nitrogens is 2. The van der Waals surface area contributed by atoms with Gasteiger partial charge < -0.3 is 14.3 Å². The molecule has 1 saturated heterocycles. The van der Waals surface area contributed by atoms with Crippen molar-refractivity contribution in [1.82, 2.24) is 19.9 Å². The Morgan fingerprint density at radius 3 is 2.82 bits per heavy atom. The average Bonchev–Trinajstić information content (AvgIpc) is 3.07. The van der Waals surface area contributed by atoms with Crippen LogP contribution in [0.4, 0.5) is 0 Å². The van der Waals surface area contributed by atoms with Crippen LogP contribution in [0, 0.1) is 0 Å². The van der Waals surface area contributed by atoms with Crippen molar-refractivity contribution in [3.63, 3.8) is 0 Å². The second-order valence-corrected chi connectivity index (χ2v) is 5.85. The minimum Gasteiger partial charge on any atom is -0.337 e. The maximum absolute atomic E-state index is 12.2. The zero-order chi connectivity index (χ0) is 15.5. The summed E-state index contributed by atoms with van der Waals surface area (Å²) >= 11 is 0. The fraction of sp³-hybridized carbons (Fsp3) is 0.438. The van der Waals surface area contributed by atoms with Crippen LogP contribution in [0.1, 0.15) is 36.2 Å². The molecule has 6 heteroatoms. The van der Waals surface area contributed by atoms with Gasteiger partial charge in [0.15, 0.2) is 5.82 Å². The summed E-state index contributed by atoms with van der Waals surface area (Å²) in [7, 11) is 3.91. The number of nitrogens with zero attached hydrogens (tertiary/aromatic N) is 4. The van der Waals surface area contributed by atoms with E-state index in [-0.39, 0.29) is 11.9 Å². The lowest BCUT2D eigenvalue weighted by Gasteiger charge is -2.22. The molecular weight excluding hydrogens is 280 g/mol. The third kappa shape index (κ3) is 3.17. The zero-order valence-corrected chi connectivity index (χ0v) is 12.9. The van der Waals surface area contributed by atoms with E-state index in [9.17, 15) is 4.79 Å². The van der Waals surface area contributed by atoms with Crippen molar-refractivity contribution in [1.29, 1.82) is 0 Å². The first-order valence-corrected chi connectivity index (χ1v) is 7.44. The van der Waals surface area contributed by atoms with Gasteiger partial charge in [-0.2, -0.15) is 4.98 Å². The van der Waals surface area contributed by atoms with E-state index >= 15 is 0 Å². The van der Waals surface area contributed by atoms with Gasteiger partial charge >= 0.3 is 0 Å². The molecule has 0 saturated carbocycles. The molecule has 1 aliphatic heterocycles. The number of hydrogen-bond acceptors (Lipinski definition) is 5. The molecule has 3 rings (SSSR count). The number of carbonyl (C=O) groups is 1. The van der Waals surface area contributed by atoms with E-state index in [0.29, 0.717) is 31.2 Å². The van der Waals surface area contributed by atoms with Crippen molar-refractivity contribution in [3.05, 3.63) is 47.6 Å². The van der Waals surface area contributed by atoms with Gasteiger partial charge in [-0.1, -0.05) is 35.5 Å². The molecule has 1 amide bonds. The van der Waals surface area contributed by atoms with Crippen LogP contribution in [0.15, 0.2) is 34.9 Å². The van der Waals surface area contributed by atoms with E-state index in [1.54, 1.807) is 0 Å². The fourth-order valence-corrected chi connectivity index (χ4v) is 2.72. The summed E-state index contributed by atoms with van der Waals surface area (Å²) in [5.74, 6) is 1.33. The molecule has 0 bridgehead atoms. The SMILES string of the molecule is CN(C)Cc1noc([C@@H]2CCC(=O)N2Cc2ccccc2)n1. The number of benzene rings is 1. The number of hydrogen-bond donors (Lipinski definition) is 0. The predicted molar refractivity (Wildman–Crippen MR) is 80.7 cm³/mol. The molecule has 0 N–H and O–H groups in total. The molecule has 0 aliphatic carbocycles. The smallest absolute Gasteiger partial charge is 0.249 e. The lowest BCUT2D eigenvalue weighted by molar-refractivity contribution is -0.129. The highest BCUT2D eigenvalue weighted by atomic mass is 16.5. The highest BCUT2D eigenvalue weighted by molar-refractivity contribution is 5.78. The van der Waals surface area contributed by atoms with E-state index in [2.05, 4.69) is 10.1 Å². The molecule has 0 spiro atoms. The molecule has 6 nitrogen and oxygen atoms in total. The van der Waals surface area contributed by atoms with Gasteiger partial charge in [-0.25, -0.2) is 0 Å². The Balaban J connectivity index is 1.77. The fourth-order valence-electron chi connectivity index (χ4n) is 2.72. The van der Waals surface area contributed by atoms with Crippen molar-refractivity contribution in [2.75, 3.05) is 14.1 Å². The van der Waals surface area contributed by atoms with E-state index in [1.807, 2.05) is 54.2 Å². The van der Waals surface area contributed by atoms with Crippen LogP contribution in [0.25, 0.3) is 0 Å². The highest BCUT2D eigenvalue weighted by Gasteiger charge is 2.35. The number of amides is 1. The normalized spacial score (nSPS) is 18.4. The molecule has 22 heavy (non-hydrogen) atoms. The number of carbonyl (C=O) groups excluding carboxylic acids is 1. The van der Waals surface area contributed by atoms with Crippen LogP contribution in [0.3, 0.4) is 0 Å². The topological polar surface area (TPSA) is 62.5 Å². The van der Waals surface area contributed by atoms with Gasteiger partial charge in [0, 0.05) is 13.0 Å². The molecule has 1 atom stereocenters. The molecule has 1 fully saturated rings. The molecular formula is C16H20N4O2. The summed E-state index contributed by atoms with van der Waals surface area (Å²) in [6.07, 6.45) is 1.26. The first-order valence-electron chi connectivity index (χ1n) is 7.44. The molecule has 1 aromatic heterocycles. The van der Waals surface area contributed by atoms with Gasteiger partial charge in [0.1, 0.15) is 6.04 Å². The maximum Gasteiger partial charge on any atom is 0.249 e. The zero-order valence-electron chi connectivity index (χ0n) is 12.9. The van der Waals surface area contributed by atoms with Crippen LogP contribution in [-0.2, 0) is 17.9 Å². The van der Waals surface area contributed by atoms with E-state index in [0.717, 1.165) is 12.0 Å². The van der Waals surface area contributed by atoms with Crippen molar-refractivity contribution in [3.8, 4) is 0 Å². The lowest BCUT2D eigenvalue weighted by atomic mass is 10.2. The highest BCUT2D eigenvalue weighted by Crippen LogP contribution is 2.33. The average molecular weight is 300 g/mol. The third-order valence-corrected chi connectivity index (χ3v) is 3.75. The summed E-state index contributed by atoms with van der Waals surface area (Å²) in [5.41, 5.74) is 1.11. The Labute approximate surface area is 129 Å². The Kier molecular flexibility index (Phi) is 4.20. The Morgan fingerprint density at radius 2 is 2.09 bits per heavy atom. The van der Waals surface area contributed by atoms with Crippen molar-refractivity contribution < 1.29 is 9.32 Å². The van der Waals surface area contributed by atoms with Crippen LogP contribution in [0.5, 0.6) is 0 Å². The monoisotopic (exact) mass is 300 g/mol. The van der Waals surface area contributed by atoms with Gasteiger partial charge in [0.2, 0.25) is 11.8 Å². The molecule has 1 aliphatic rings. The van der Waals surface area contributed by atoms with Crippen molar-refractivity contribution >= 4 is 5.91 Å². The Bertz CT molecular complexity index is 639. The molecule has 0 unspecified atom stereocenters. The van der Waals surface area contributed by atoms with Crippen LogP contribution < -0.4 is 0 Å². The van der Waals surface area contributed by atoms with Crippen LogP contribution in [-0.4, -0.2) is 39.9 Å². The summed E-state index contributed by atoms with van der Waals surface area (Å²) in [6.45, 7) is 1.21. The second kappa shape index (κ2) is 6.27. The third-order valence-electron chi connectivity index (χ3n) is 3.75. The summed E-state index contributed by atoms with van der Waals surface area (Å²) in [5, 5.41) is 4.00. The molecule has 116 valence electrons. The largest absolute Gasteiger partial charge is 0.337 e. The Hall–Kier alpha value is -2.21. The molecule has 2 heterocycles. The van der Waals surface area contributed by atoms with Gasteiger partial charge in [0.05, 0.1) is 6.54 Å². The van der Waals surface area contributed by atoms with Crippen molar-refractivity contribution in [2.45, 2.75) is 32.0 Å². The van der Waals surface area contributed by atoms with Crippen molar-refractivity contribution in [2.24, 2.45) is 0 Å². The quantitative estimate of drug-likeness (QED) is 0.845. The lowest BCUT2D eigenvalue weighted by Crippen LogP contribution is -2.27. The van der Waals surface area contributed by atoms with Gasteiger partial charge in [0.25, 0.3) is 0 Å². The van der Waals surface area contributed by atoms with Gasteiger partial charge in [-0.15, -0.1) is 0 Å². The minimum absolute atomic E-state index is 0.115. The molecule has 1 aromatic carbocycles. The van der Waals surface area contributed by atoms with E-state index in [1.165, 1.54) is 0 Å². The predicted octanol–water partition coefficient (Wildman–Crippen LogP) is 1.99. The van der Waals surface area contributed by atoms with Crippen LogP contribution in [0.2, 0.25) is 0 Å². The first kappa shape index (κ1) is 14.7. The number of rotatable bonds is 5. The van der Waals surface area contributed by atoms with Crippen LogP contribution >= 0.6 is 0 Å². The molecule has 0 radical (unpaired) electrons. The van der Waals surface area contributed by atoms with Gasteiger partial charge in [-0.05, 0) is 26.1 Å². The maximum atomic E-state index is 12.2. The standard InChI is InChI=1S/C16H20N4O2/c1-19(2)11-14-17-16(22-18-14)13-8-9-15(21)20(13)10-12-6-4-3-5-7-12/h3-7,13H,8-11H2,1-2H3/t13-/m0/s1.